The van der Waals surface area contributed by atoms with Crippen LogP contribution in [0.15, 0.2) is 0 Å². The van der Waals surface area contributed by atoms with Crippen molar-refractivity contribution >= 4 is 6.09 Å². The summed E-state index contributed by atoms with van der Waals surface area (Å²) >= 11 is 0. The second-order valence-electron chi connectivity index (χ2n) is 3.24. The van der Waals surface area contributed by atoms with Crippen LogP contribution in [0.4, 0.5) is 13.6 Å². The zero-order valence-electron chi connectivity index (χ0n) is 6.96. The summed E-state index contributed by atoms with van der Waals surface area (Å²) in [5.41, 5.74) is 5.23. The van der Waals surface area contributed by atoms with Gasteiger partial charge >= 0.3 is 6.09 Å². The van der Waals surface area contributed by atoms with Gasteiger partial charge in [0.1, 0.15) is 0 Å². The number of amides is 1. The molecular formula is C7H12F2N2O2. The van der Waals surface area contributed by atoms with E-state index in [2.05, 4.69) is 0 Å². The summed E-state index contributed by atoms with van der Waals surface area (Å²) in [6, 6.07) is -2.24. The molecule has 1 aliphatic rings. The Bertz CT molecular complexity index is 211. The molecule has 4 N–H and O–H groups in total. The van der Waals surface area contributed by atoms with Crippen molar-refractivity contribution in [1.82, 2.24) is 5.32 Å². The minimum Gasteiger partial charge on any atom is -0.465 e. The topological polar surface area (TPSA) is 75.3 Å². The van der Waals surface area contributed by atoms with Crippen LogP contribution in [0.25, 0.3) is 0 Å². The van der Waals surface area contributed by atoms with E-state index in [0.29, 0.717) is 12.8 Å². The van der Waals surface area contributed by atoms with Gasteiger partial charge in [-0.3, -0.25) is 0 Å². The molecule has 4 nitrogen and oxygen atoms in total. The normalized spacial score (nSPS) is 32.5. The van der Waals surface area contributed by atoms with Crippen LogP contribution in [0.1, 0.15) is 19.3 Å². The van der Waals surface area contributed by atoms with Gasteiger partial charge in [0.05, 0.1) is 12.1 Å². The summed E-state index contributed by atoms with van der Waals surface area (Å²) in [7, 11) is 0. The molecule has 76 valence electrons. The van der Waals surface area contributed by atoms with E-state index >= 15 is 0 Å². The van der Waals surface area contributed by atoms with Crippen molar-refractivity contribution in [2.24, 2.45) is 5.73 Å². The summed E-state index contributed by atoms with van der Waals surface area (Å²) in [6.07, 6.45) is -0.890. The molecule has 0 aliphatic heterocycles. The molecule has 0 spiro atoms. The second kappa shape index (κ2) is 3.45. The van der Waals surface area contributed by atoms with Gasteiger partial charge in [-0.15, -0.1) is 0 Å². The Morgan fingerprint density at radius 2 is 2.23 bits per heavy atom. The van der Waals surface area contributed by atoms with Crippen LogP contribution in [-0.4, -0.2) is 29.2 Å². The van der Waals surface area contributed by atoms with E-state index in [-0.39, 0.29) is 6.42 Å². The smallest absolute Gasteiger partial charge is 0.404 e. The molecule has 13 heavy (non-hydrogen) atoms. The average Bonchev–Trinajstić information content (AvgIpc) is 1.98. The van der Waals surface area contributed by atoms with E-state index in [9.17, 15) is 13.6 Å². The second-order valence-corrected chi connectivity index (χ2v) is 3.24. The lowest BCUT2D eigenvalue weighted by atomic mass is 9.88. The van der Waals surface area contributed by atoms with Crippen LogP contribution in [0.5, 0.6) is 0 Å². The molecule has 2 atom stereocenters. The van der Waals surface area contributed by atoms with Crippen LogP contribution >= 0.6 is 0 Å². The van der Waals surface area contributed by atoms with Crippen LogP contribution in [0.2, 0.25) is 0 Å². The van der Waals surface area contributed by atoms with Gasteiger partial charge in [-0.2, -0.15) is 0 Å². The molecule has 0 saturated heterocycles. The number of carboxylic acid groups (broad SMARTS) is 1. The van der Waals surface area contributed by atoms with Gasteiger partial charge < -0.3 is 16.2 Å². The number of alkyl halides is 2. The first-order valence-corrected chi connectivity index (χ1v) is 4.06. The Balaban J connectivity index is 2.60. The van der Waals surface area contributed by atoms with Crippen LogP contribution < -0.4 is 11.1 Å². The predicted octanol–water partition coefficient (Wildman–Crippen LogP) is 0.769. The van der Waals surface area contributed by atoms with Gasteiger partial charge in [0, 0.05) is 6.42 Å². The molecule has 0 aromatic carbocycles. The number of halogens is 2. The van der Waals surface area contributed by atoms with Gasteiger partial charge in [-0.1, -0.05) is 0 Å². The van der Waals surface area contributed by atoms with E-state index in [4.69, 9.17) is 10.8 Å². The summed E-state index contributed by atoms with van der Waals surface area (Å²) in [5, 5.41) is 10.3. The molecule has 0 aromatic rings. The summed E-state index contributed by atoms with van der Waals surface area (Å²) in [6.45, 7) is 0. The molecule has 0 aromatic heterocycles. The monoisotopic (exact) mass is 194 g/mol. The lowest BCUT2D eigenvalue weighted by molar-refractivity contribution is -0.0615. The first-order chi connectivity index (χ1) is 5.93. The Hall–Kier alpha value is -0.910. The van der Waals surface area contributed by atoms with Crippen molar-refractivity contribution in [3.8, 4) is 0 Å². The van der Waals surface area contributed by atoms with Crippen molar-refractivity contribution in [3.63, 3.8) is 0 Å². The zero-order valence-corrected chi connectivity index (χ0v) is 6.96. The van der Waals surface area contributed by atoms with E-state index in [1.54, 1.807) is 0 Å². The molecule has 1 fully saturated rings. The summed E-state index contributed by atoms with van der Waals surface area (Å²) in [5.74, 6) is -2.95. The highest BCUT2D eigenvalue weighted by molar-refractivity contribution is 5.65. The standard InChI is InChI=1S/C7H12F2N2O2/c8-7(9)3-1-2-4(5(7)10)11-6(12)13/h4-5,11H,1-3,10H2,(H,12,13)/t4-,5-/m1/s1. The highest BCUT2D eigenvalue weighted by Crippen LogP contribution is 2.32. The zero-order chi connectivity index (χ0) is 10.1. The minimum absolute atomic E-state index is 0.258. The highest BCUT2D eigenvalue weighted by Gasteiger charge is 2.45. The summed E-state index contributed by atoms with van der Waals surface area (Å²) in [4.78, 5) is 10.2. The van der Waals surface area contributed by atoms with Crippen molar-refractivity contribution in [1.29, 1.82) is 0 Å². The van der Waals surface area contributed by atoms with E-state index in [1.807, 2.05) is 5.32 Å². The van der Waals surface area contributed by atoms with Gasteiger partial charge in [-0.05, 0) is 12.8 Å². The number of hydrogen-bond donors (Lipinski definition) is 3. The van der Waals surface area contributed by atoms with E-state index < -0.39 is 24.1 Å². The number of nitrogens with two attached hydrogens (primary N) is 1. The third-order valence-corrected chi connectivity index (χ3v) is 2.26. The van der Waals surface area contributed by atoms with Gasteiger partial charge in [-0.25, -0.2) is 13.6 Å². The molecule has 0 heterocycles. The van der Waals surface area contributed by atoms with Gasteiger partial charge in [0.15, 0.2) is 0 Å². The van der Waals surface area contributed by atoms with Crippen molar-refractivity contribution < 1.29 is 18.7 Å². The lowest BCUT2D eigenvalue weighted by Gasteiger charge is -2.35. The van der Waals surface area contributed by atoms with Crippen molar-refractivity contribution in [3.05, 3.63) is 0 Å². The van der Waals surface area contributed by atoms with Gasteiger partial charge in [0.2, 0.25) is 0 Å². The fourth-order valence-electron chi connectivity index (χ4n) is 1.52. The Morgan fingerprint density at radius 3 is 2.77 bits per heavy atom. The number of rotatable bonds is 1. The maximum absolute atomic E-state index is 12.9. The molecule has 0 radical (unpaired) electrons. The third-order valence-electron chi connectivity index (χ3n) is 2.26. The van der Waals surface area contributed by atoms with Crippen LogP contribution in [0, 0.1) is 0 Å². The largest absolute Gasteiger partial charge is 0.465 e. The fourth-order valence-corrected chi connectivity index (χ4v) is 1.52. The first kappa shape index (κ1) is 10.2. The molecule has 0 unspecified atom stereocenters. The maximum atomic E-state index is 12.9. The maximum Gasteiger partial charge on any atom is 0.404 e. The van der Waals surface area contributed by atoms with Crippen molar-refractivity contribution in [2.75, 3.05) is 0 Å². The van der Waals surface area contributed by atoms with E-state index in [0.717, 1.165) is 0 Å². The SMILES string of the molecule is N[C@@H]1[C@H](NC(=O)O)CCCC1(F)F. The molecule has 0 bridgehead atoms. The molecule has 1 aliphatic carbocycles. The minimum atomic E-state index is -2.95. The fraction of sp³-hybridized carbons (Fsp3) is 0.857. The lowest BCUT2D eigenvalue weighted by Crippen LogP contribution is -2.58. The quantitative estimate of drug-likeness (QED) is 0.577. The summed E-state index contributed by atoms with van der Waals surface area (Å²) < 4.78 is 25.9. The number of carbonyl (C=O) groups is 1. The third kappa shape index (κ3) is 2.27. The predicted molar refractivity (Wildman–Crippen MR) is 41.7 cm³/mol. The van der Waals surface area contributed by atoms with Crippen LogP contribution in [-0.2, 0) is 0 Å². The number of hydrogen-bond acceptors (Lipinski definition) is 2. The van der Waals surface area contributed by atoms with Gasteiger partial charge in [0.25, 0.3) is 5.92 Å². The molecule has 1 amide bonds. The van der Waals surface area contributed by atoms with Crippen LogP contribution in [0.3, 0.4) is 0 Å². The van der Waals surface area contributed by atoms with E-state index in [1.165, 1.54) is 0 Å². The Labute approximate surface area is 74.1 Å². The Morgan fingerprint density at radius 1 is 1.62 bits per heavy atom. The average molecular weight is 194 g/mol. The molecule has 1 rings (SSSR count). The molecule has 6 heteroatoms. The Kier molecular flexibility index (Phi) is 2.70. The van der Waals surface area contributed by atoms with Crippen molar-refractivity contribution in [2.45, 2.75) is 37.3 Å². The first-order valence-electron chi connectivity index (χ1n) is 4.06. The number of nitrogens with one attached hydrogen (secondary N) is 1. The molecular weight excluding hydrogens is 182 g/mol. The molecule has 1 saturated carbocycles. The highest BCUT2D eigenvalue weighted by atomic mass is 19.3.